The fourth-order valence-corrected chi connectivity index (χ4v) is 3.42. The van der Waals surface area contributed by atoms with Gasteiger partial charge in [-0.15, -0.1) is 0 Å². The van der Waals surface area contributed by atoms with Crippen LogP contribution in [-0.4, -0.2) is 55.3 Å². The van der Waals surface area contributed by atoms with Crippen molar-refractivity contribution < 1.29 is 14.1 Å². The van der Waals surface area contributed by atoms with Crippen LogP contribution in [0.15, 0.2) is 18.2 Å². The predicted octanol–water partition coefficient (Wildman–Crippen LogP) is 1.96. The standard InChI is InChI=1S/C19H29BN2O3/c1-14-13-16(20-24-18(3,4)19(5,6)25-20)7-8-17(14)22-11-9-21(10-12-22)15(2)23/h7-8,13H,9-12H2,1-6H3. The van der Waals surface area contributed by atoms with Gasteiger partial charge in [-0.2, -0.15) is 0 Å². The van der Waals surface area contributed by atoms with Crippen LogP contribution in [0.4, 0.5) is 5.69 Å². The van der Waals surface area contributed by atoms with Crippen LogP contribution in [0.5, 0.6) is 0 Å². The molecule has 6 heteroatoms. The van der Waals surface area contributed by atoms with Crippen molar-refractivity contribution in [1.82, 2.24) is 4.90 Å². The Bertz CT molecular complexity index is 651. The summed E-state index contributed by atoms with van der Waals surface area (Å²) in [6, 6.07) is 6.41. The highest BCUT2D eigenvalue weighted by molar-refractivity contribution is 6.62. The summed E-state index contributed by atoms with van der Waals surface area (Å²) in [5.41, 5.74) is 2.84. The Morgan fingerprint density at radius 1 is 1.04 bits per heavy atom. The van der Waals surface area contributed by atoms with E-state index in [0.29, 0.717) is 0 Å². The number of hydrogen-bond acceptors (Lipinski definition) is 4. The third kappa shape index (κ3) is 3.42. The molecule has 2 saturated heterocycles. The topological polar surface area (TPSA) is 42.0 Å². The lowest BCUT2D eigenvalue weighted by molar-refractivity contribution is -0.129. The number of rotatable bonds is 2. The monoisotopic (exact) mass is 344 g/mol. The number of hydrogen-bond donors (Lipinski definition) is 0. The van der Waals surface area contributed by atoms with Gasteiger partial charge in [0.05, 0.1) is 11.2 Å². The fourth-order valence-electron chi connectivity index (χ4n) is 3.42. The maximum atomic E-state index is 11.5. The first-order valence-electron chi connectivity index (χ1n) is 9.07. The largest absolute Gasteiger partial charge is 0.494 e. The fraction of sp³-hybridized carbons (Fsp3) is 0.632. The molecule has 0 radical (unpaired) electrons. The van der Waals surface area contributed by atoms with Gasteiger partial charge in [-0.1, -0.05) is 12.1 Å². The average Bonchev–Trinajstić information content (AvgIpc) is 2.75. The molecule has 1 amide bonds. The summed E-state index contributed by atoms with van der Waals surface area (Å²) in [6.07, 6.45) is 0. The summed E-state index contributed by atoms with van der Waals surface area (Å²) in [5.74, 6) is 0.160. The Hall–Kier alpha value is -1.53. The second-order valence-corrected chi connectivity index (χ2v) is 8.13. The smallest absolute Gasteiger partial charge is 0.399 e. The molecule has 0 spiro atoms. The number of anilines is 1. The van der Waals surface area contributed by atoms with E-state index in [1.54, 1.807) is 6.92 Å². The van der Waals surface area contributed by atoms with Crippen LogP contribution >= 0.6 is 0 Å². The zero-order valence-electron chi connectivity index (χ0n) is 16.3. The van der Waals surface area contributed by atoms with E-state index in [4.69, 9.17) is 9.31 Å². The van der Waals surface area contributed by atoms with Gasteiger partial charge in [0.2, 0.25) is 5.91 Å². The third-order valence-electron chi connectivity index (χ3n) is 5.81. The first-order valence-corrected chi connectivity index (χ1v) is 9.07. The molecule has 0 aromatic heterocycles. The van der Waals surface area contributed by atoms with Crippen LogP contribution in [0.1, 0.15) is 40.2 Å². The number of piperazine rings is 1. The number of carbonyl (C=O) groups excluding carboxylic acids is 1. The Kier molecular flexibility index (Phi) is 4.62. The molecular weight excluding hydrogens is 315 g/mol. The quantitative estimate of drug-likeness (QED) is 0.770. The Morgan fingerprint density at radius 3 is 2.08 bits per heavy atom. The second kappa shape index (κ2) is 6.33. The third-order valence-corrected chi connectivity index (χ3v) is 5.81. The van der Waals surface area contributed by atoms with Crippen molar-refractivity contribution in [3.63, 3.8) is 0 Å². The Balaban J connectivity index is 1.73. The molecule has 25 heavy (non-hydrogen) atoms. The molecule has 0 atom stereocenters. The van der Waals surface area contributed by atoms with Crippen LogP contribution in [0, 0.1) is 6.92 Å². The van der Waals surface area contributed by atoms with Crippen molar-refractivity contribution in [2.24, 2.45) is 0 Å². The van der Waals surface area contributed by atoms with E-state index in [1.165, 1.54) is 11.3 Å². The molecular formula is C19H29BN2O3. The molecule has 3 rings (SSSR count). The summed E-state index contributed by atoms with van der Waals surface area (Å²) in [7, 11) is -0.327. The van der Waals surface area contributed by atoms with Crippen molar-refractivity contribution in [2.45, 2.75) is 52.7 Å². The maximum absolute atomic E-state index is 11.5. The number of amides is 1. The highest BCUT2D eigenvalue weighted by atomic mass is 16.7. The molecule has 1 aromatic carbocycles. The molecule has 0 saturated carbocycles. The van der Waals surface area contributed by atoms with Crippen molar-refractivity contribution in [1.29, 1.82) is 0 Å². The molecule has 0 N–H and O–H groups in total. The highest BCUT2D eigenvalue weighted by Gasteiger charge is 2.51. The van der Waals surface area contributed by atoms with E-state index in [-0.39, 0.29) is 24.2 Å². The maximum Gasteiger partial charge on any atom is 0.494 e. The van der Waals surface area contributed by atoms with Gasteiger partial charge < -0.3 is 19.1 Å². The van der Waals surface area contributed by atoms with Crippen LogP contribution in [0.2, 0.25) is 0 Å². The van der Waals surface area contributed by atoms with E-state index < -0.39 is 0 Å². The molecule has 136 valence electrons. The minimum Gasteiger partial charge on any atom is -0.399 e. The Labute approximate surface area is 151 Å². The van der Waals surface area contributed by atoms with E-state index in [1.807, 2.05) is 4.90 Å². The van der Waals surface area contributed by atoms with Gasteiger partial charge in [-0.25, -0.2) is 0 Å². The lowest BCUT2D eigenvalue weighted by atomic mass is 9.78. The minimum atomic E-state index is -0.327. The van der Waals surface area contributed by atoms with Crippen molar-refractivity contribution in [2.75, 3.05) is 31.1 Å². The van der Waals surface area contributed by atoms with Gasteiger partial charge >= 0.3 is 7.12 Å². The van der Waals surface area contributed by atoms with Crippen molar-refractivity contribution >= 4 is 24.2 Å². The van der Waals surface area contributed by atoms with Crippen LogP contribution < -0.4 is 10.4 Å². The highest BCUT2D eigenvalue weighted by Crippen LogP contribution is 2.36. The van der Waals surface area contributed by atoms with Crippen molar-refractivity contribution in [3.8, 4) is 0 Å². The van der Waals surface area contributed by atoms with E-state index in [9.17, 15) is 4.79 Å². The number of nitrogens with zero attached hydrogens (tertiary/aromatic N) is 2. The minimum absolute atomic E-state index is 0.160. The summed E-state index contributed by atoms with van der Waals surface area (Å²) in [6.45, 7) is 15.4. The summed E-state index contributed by atoms with van der Waals surface area (Å²) in [4.78, 5) is 15.7. The molecule has 5 nitrogen and oxygen atoms in total. The van der Waals surface area contributed by atoms with Gasteiger partial charge in [0, 0.05) is 38.8 Å². The average molecular weight is 344 g/mol. The molecule has 2 heterocycles. The van der Waals surface area contributed by atoms with Gasteiger partial charge in [0.15, 0.2) is 0 Å². The van der Waals surface area contributed by atoms with E-state index in [0.717, 1.165) is 31.6 Å². The molecule has 2 aliphatic heterocycles. The van der Waals surface area contributed by atoms with E-state index in [2.05, 4.69) is 57.7 Å². The zero-order chi connectivity index (χ0) is 18.4. The molecule has 0 bridgehead atoms. The van der Waals surface area contributed by atoms with Gasteiger partial charge in [0.25, 0.3) is 0 Å². The lowest BCUT2D eigenvalue weighted by Crippen LogP contribution is -2.48. The van der Waals surface area contributed by atoms with Gasteiger partial charge in [-0.3, -0.25) is 4.79 Å². The summed E-state index contributed by atoms with van der Waals surface area (Å²) < 4.78 is 12.3. The lowest BCUT2D eigenvalue weighted by Gasteiger charge is -2.36. The number of benzene rings is 1. The van der Waals surface area contributed by atoms with Crippen LogP contribution in [0.3, 0.4) is 0 Å². The Morgan fingerprint density at radius 2 is 1.60 bits per heavy atom. The van der Waals surface area contributed by atoms with Crippen LogP contribution in [-0.2, 0) is 14.1 Å². The summed E-state index contributed by atoms with van der Waals surface area (Å²) in [5, 5.41) is 0. The number of carbonyl (C=O) groups is 1. The first-order chi connectivity index (χ1) is 11.6. The zero-order valence-corrected chi connectivity index (χ0v) is 16.3. The van der Waals surface area contributed by atoms with Gasteiger partial charge in [-0.05, 0) is 51.7 Å². The normalized spacial score (nSPS) is 22.4. The van der Waals surface area contributed by atoms with Gasteiger partial charge in [0.1, 0.15) is 0 Å². The number of aryl methyl sites for hydroxylation is 1. The second-order valence-electron chi connectivity index (χ2n) is 8.13. The predicted molar refractivity (Wildman–Crippen MR) is 101 cm³/mol. The van der Waals surface area contributed by atoms with Crippen LogP contribution in [0.25, 0.3) is 0 Å². The SMILES string of the molecule is CC(=O)N1CCN(c2ccc(B3OC(C)(C)C(C)(C)O3)cc2C)CC1. The van der Waals surface area contributed by atoms with Crippen molar-refractivity contribution in [3.05, 3.63) is 23.8 Å². The molecule has 2 aliphatic rings. The molecule has 0 unspecified atom stereocenters. The molecule has 0 aliphatic carbocycles. The molecule has 1 aromatic rings. The van der Waals surface area contributed by atoms with E-state index >= 15 is 0 Å². The molecule has 2 fully saturated rings. The first kappa shape index (κ1) is 18.3. The summed E-state index contributed by atoms with van der Waals surface area (Å²) >= 11 is 0.